The van der Waals surface area contributed by atoms with Gasteiger partial charge in [0.15, 0.2) is 0 Å². The summed E-state index contributed by atoms with van der Waals surface area (Å²) in [5.41, 5.74) is 0. The smallest absolute Gasteiger partial charge is 0.317 e. The molecule has 11 heavy (non-hydrogen) atoms. The van der Waals surface area contributed by atoms with Gasteiger partial charge in [0.2, 0.25) is 0 Å². The van der Waals surface area contributed by atoms with Crippen LogP contribution in [-0.4, -0.2) is 41.8 Å². The fraction of sp³-hybridized carbons (Fsp3) is 0.857. The fourth-order valence-corrected chi connectivity index (χ4v) is 1.33. The van der Waals surface area contributed by atoms with E-state index in [4.69, 9.17) is 5.11 Å². The van der Waals surface area contributed by atoms with Crippen molar-refractivity contribution in [1.82, 2.24) is 4.90 Å². The molecule has 3 nitrogen and oxygen atoms in total. The Morgan fingerprint density at radius 3 is 3.00 bits per heavy atom. The van der Waals surface area contributed by atoms with Gasteiger partial charge in [-0.3, -0.25) is 9.69 Å². The topological polar surface area (TPSA) is 40.5 Å². The summed E-state index contributed by atoms with van der Waals surface area (Å²) in [6, 6.07) is 0. The predicted molar refractivity (Wildman–Crippen MR) is 38.2 cm³/mol. The Hall–Kier alpha value is -0.640. The second kappa shape index (κ2) is 3.67. The van der Waals surface area contributed by atoms with Crippen LogP contribution >= 0.6 is 0 Å². The van der Waals surface area contributed by atoms with Crippen LogP contribution in [0.4, 0.5) is 4.39 Å². The van der Waals surface area contributed by atoms with Crippen molar-refractivity contribution in [1.29, 1.82) is 0 Å². The minimum atomic E-state index is -0.876. The first-order valence-electron chi connectivity index (χ1n) is 3.76. The van der Waals surface area contributed by atoms with E-state index in [-0.39, 0.29) is 13.1 Å². The van der Waals surface area contributed by atoms with Crippen molar-refractivity contribution in [3.05, 3.63) is 0 Å². The third-order valence-corrected chi connectivity index (χ3v) is 1.81. The third kappa shape index (κ3) is 2.84. The normalized spacial score (nSPS) is 26.8. The lowest BCUT2D eigenvalue weighted by Crippen LogP contribution is -2.39. The highest BCUT2D eigenvalue weighted by Gasteiger charge is 2.20. The lowest BCUT2D eigenvalue weighted by Gasteiger charge is -2.26. The largest absolute Gasteiger partial charge is 0.480 e. The Morgan fingerprint density at radius 1 is 1.73 bits per heavy atom. The van der Waals surface area contributed by atoms with Gasteiger partial charge in [-0.05, 0) is 19.4 Å². The van der Waals surface area contributed by atoms with E-state index in [1.54, 1.807) is 4.90 Å². The molecule has 0 aromatic rings. The van der Waals surface area contributed by atoms with Crippen molar-refractivity contribution >= 4 is 5.97 Å². The number of aliphatic carboxylic acids is 1. The van der Waals surface area contributed by atoms with Crippen molar-refractivity contribution in [3.8, 4) is 0 Å². The van der Waals surface area contributed by atoms with E-state index in [0.29, 0.717) is 13.0 Å². The first kappa shape index (κ1) is 8.46. The number of rotatable bonds is 2. The van der Waals surface area contributed by atoms with Gasteiger partial charge in [-0.2, -0.15) is 0 Å². The first-order chi connectivity index (χ1) is 5.18. The summed E-state index contributed by atoms with van der Waals surface area (Å²) in [7, 11) is 0. The van der Waals surface area contributed by atoms with Crippen LogP contribution in [0.1, 0.15) is 12.8 Å². The standard InChI is InChI=1S/C7H12FNO2/c8-6-2-1-3-9(4-6)5-7(10)11/h6H,1-5H2,(H,10,11). The van der Waals surface area contributed by atoms with Crippen LogP contribution in [0.25, 0.3) is 0 Å². The van der Waals surface area contributed by atoms with Crippen molar-refractivity contribution in [2.75, 3.05) is 19.6 Å². The summed E-state index contributed by atoms with van der Waals surface area (Å²) in [6.07, 6.45) is 0.521. The van der Waals surface area contributed by atoms with Gasteiger partial charge in [0.1, 0.15) is 6.17 Å². The minimum Gasteiger partial charge on any atom is -0.480 e. The van der Waals surface area contributed by atoms with Crippen LogP contribution in [-0.2, 0) is 4.79 Å². The van der Waals surface area contributed by atoms with Gasteiger partial charge in [-0.1, -0.05) is 0 Å². The second-order valence-corrected chi connectivity index (χ2v) is 2.87. The number of halogens is 1. The molecule has 0 bridgehead atoms. The molecular formula is C7H12FNO2. The molecule has 1 fully saturated rings. The molecule has 0 aromatic carbocycles. The number of likely N-dealkylation sites (tertiary alicyclic amines) is 1. The van der Waals surface area contributed by atoms with E-state index in [2.05, 4.69) is 0 Å². The van der Waals surface area contributed by atoms with E-state index in [1.165, 1.54) is 0 Å². The first-order valence-corrected chi connectivity index (χ1v) is 3.76. The number of hydrogen-bond donors (Lipinski definition) is 1. The number of nitrogens with zero attached hydrogens (tertiary/aromatic N) is 1. The van der Waals surface area contributed by atoms with Crippen molar-refractivity contribution < 1.29 is 14.3 Å². The minimum absolute atomic E-state index is 0.0274. The molecule has 0 radical (unpaired) electrons. The summed E-state index contributed by atoms with van der Waals surface area (Å²) < 4.78 is 12.6. The number of carboxylic acid groups (broad SMARTS) is 1. The summed E-state index contributed by atoms with van der Waals surface area (Å²) in [6.45, 7) is 0.972. The highest BCUT2D eigenvalue weighted by molar-refractivity contribution is 5.69. The van der Waals surface area contributed by atoms with Crippen LogP contribution in [0.3, 0.4) is 0 Å². The number of alkyl halides is 1. The van der Waals surface area contributed by atoms with Gasteiger partial charge < -0.3 is 5.11 Å². The lowest BCUT2D eigenvalue weighted by molar-refractivity contribution is -0.138. The molecule has 1 saturated heterocycles. The van der Waals surface area contributed by atoms with Crippen molar-refractivity contribution in [2.45, 2.75) is 19.0 Å². The maximum atomic E-state index is 12.6. The van der Waals surface area contributed by atoms with E-state index in [0.717, 1.165) is 6.42 Å². The number of carbonyl (C=O) groups is 1. The second-order valence-electron chi connectivity index (χ2n) is 2.87. The Balaban J connectivity index is 2.28. The zero-order valence-corrected chi connectivity index (χ0v) is 6.29. The monoisotopic (exact) mass is 161 g/mol. The molecule has 64 valence electrons. The Bertz CT molecular complexity index is 151. The Kier molecular flexibility index (Phi) is 2.82. The van der Waals surface area contributed by atoms with Crippen LogP contribution in [0.2, 0.25) is 0 Å². The van der Waals surface area contributed by atoms with E-state index >= 15 is 0 Å². The zero-order valence-electron chi connectivity index (χ0n) is 6.29. The maximum absolute atomic E-state index is 12.6. The van der Waals surface area contributed by atoms with Gasteiger partial charge in [-0.15, -0.1) is 0 Å². The molecule has 1 atom stereocenters. The van der Waals surface area contributed by atoms with Gasteiger partial charge in [0.25, 0.3) is 0 Å². The molecule has 1 unspecified atom stereocenters. The molecule has 4 heteroatoms. The fourth-order valence-electron chi connectivity index (χ4n) is 1.33. The average molecular weight is 161 g/mol. The maximum Gasteiger partial charge on any atom is 0.317 e. The summed E-state index contributed by atoms with van der Waals surface area (Å²) in [5, 5.41) is 8.39. The predicted octanol–water partition coefficient (Wildman–Crippen LogP) is 0.505. The molecule has 1 aliphatic heterocycles. The van der Waals surface area contributed by atoms with Gasteiger partial charge in [0, 0.05) is 6.54 Å². The molecule has 0 spiro atoms. The van der Waals surface area contributed by atoms with Crippen LogP contribution in [0.5, 0.6) is 0 Å². The number of hydrogen-bond acceptors (Lipinski definition) is 2. The SMILES string of the molecule is O=C(O)CN1CCCC(F)C1. The van der Waals surface area contributed by atoms with Gasteiger partial charge >= 0.3 is 5.97 Å². The molecular weight excluding hydrogens is 149 g/mol. The highest BCUT2D eigenvalue weighted by Crippen LogP contribution is 2.11. The highest BCUT2D eigenvalue weighted by atomic mass is 19.1. The summed E-state index contributed by atoms with van der Waals surface area (Å²) >= 11 is 0. The quantitative estimate of drug-likeness (QED) is 0.641. The molecule has 1 aliphatic rings. The molecule has 0 amide bonds. The van der Waals surface area contributed by atoms with E-state index in [1.807, 2.05) is 0 Å². The van der Waals surface area contributed by atoms with Crippen LogP contribution in [0.15, 0.2) is 0 Å². The molecule has 1 N–H and O–H groups in total. The Labute approximate surface area is 64.8 Å². The Morgan fingerprint density at radius 2 is 2.45 bits per heavy atom. The lowest BCUT2D eigenvalue weighted by atomic mass is 10.1. The third-order valence-electron chi connectivity index (χ3n) is 1.81. The van der Waals surface area contributed by atoms with Crippen LogP contribution in [0, 0.1) is 0 Å². The van der Waals surface area contributed by atoms with Gasteiger partial charge in [0.05, 0.1) is 6.54 Å². The van der Waals surface area contributed by atoms with E-state index < -0.39 is 12.1 Å². The van der Waals surface area contributed by atoms with Crippen molar-refractivity contribution in [2.24, 2.45) is 0 Å². The average Bonchev–Trinajstić information content (AvgIpc) is 1.85. The molecule has 0 aliphatic carbocycles. The number of piperidine rings is 1. The summed E-state index contributed by atoms with van der Waals surface area (Å²) in [4.78, 5) is 11.8. The zero-order chi connectivity index (χ0) is 8.27. The van der Waals surface area contributed by atoms with E-state index in [9.17, 15) is 9.18 Å². The molecule has 0 aromatic heterocycles. The molecule has 1 heterocycles. The van der Waals surface area contributed by atoms with Crippen molar-refractivity contribution in [3.63, 3.8) is 0 Å². The summed E-state index contributed by atoms with van der Waals surface area (Å²) in [5.74, 6) is -0.876. The van der Waals surface area contributed by atoms with Crippen LogP contribution < -0.4 is 0 Å². The molecule has 0 saturated carbocycles. The number of carboxylic acids is 1. The van der Waals surface area contributed by atoms with Gasteiger partial charge in [-0.25, -0.2) is 4.39 Å². The molecule has 1 rings (SSSR count).